The summed E-state index contributed by atoms with van der Waals surface area (Å²) in [6.07, 6.45) is 4.86. The highest BCUT2D eigenvalue weighted by atomic mass is 15.3. The Morgan fingerprint density at radius 1 is 1.50 bits per heavy atom. The van der Waals surface area contributed by atoms with E-state index in [9.17, 15) is 0 Å². The van der Waals surface area contributed by atoms with Crippen molar-refractivity contribution in [3.8, 4) is 0 Å². The van der Waals surface area contributed by atoms with Gasteiger partial charge in [0.1, 0.15) is 0 Å². The topological polar surface area (TPSA) is 29.9 Å². The predicted molar refractivity (Wildman–Crippen MR) is 66.5 cm³/mol. The first-order chi connectivity index (χ1) is 7.69. The van der Waals surface area contributed by atoms with Gasteiger partial charge in [-0.15, -0.1) is 0 Å². The fraction of sp³-hybridized carbons (Fsp3) is 0.769. The number of nitrogens with zero attached hydrogens (tertiary/aromatic N) is 2. The van der Waals surface area contributed by atoms with Gasteiger partial charge in [0, 0.05) is 18.8 Å². The van der Waals surface area contributed by atoms with Gasteiger partial charge in [-0.1, -0.05) is 6.92 Å². The van der Waals surface area contributed by atoms with Crippen LogP contribution < -0.4 is 5.32 Å². The molecule has 0 radical (unpaired) electrons. The Kier molecular flexibility index (Phi) is 3.64. The lowest BCUT2D eigenvalue weighted by molar-refractivity contribution is 0.318. The molecule has 90 valence electrons. The fourth-order valence-corrected chi connectivity index (χ4v) is 2.46. The van der Waals surface area contributed by atoms with Crippen molar-refractivity contribution in [2.45, 2.75) is 45.6 Å². The molecule has 0 bridgehead atoms. The van der Waals surface area contributed by atoms with E-state index >= 15 is 0 Å². The van der Waals surface area contributed by atoms with Crippen LogP contribution in [0.5, 0.6) is 0 Å². The Bertz CT molecular complexity index is 335. The monoisotopic (exact) mass is 221 g/mol. The standard InChI is InChI=1S/C13H23N3/c1-4-12-8-13(16(3)15-12)7-11-6-5-10(2)14-9-11/h8,10-11,14H,4-7,9H2,1-3H3. The van der Waals surface area contributed by atoms with E-state index in [2.05, 4.69) is 42.1 Å². The molecular weight excluding hydrogens is 198 g/mol. The van der Waals surface area contributed by atoms with Crippen molar-refractivity contribution in [1.29, 1.82) is 0 Å². The summed E-state index contributed by atoms with van der Waals surface area (Å²) in [5.41, 5.74) is 2.60. The van der Waals surface area contributed by atoms with Crippen molar-refractivity contribution in [2.75, 3.05) is 6.54 Å². The van der Waals surface area contributed by atoms with E-state index < -0.39 is 0 Å². The number of aryl methyl sites for hydroxylation is 2. The molecule has 1 aromatic heterocycles. The molecule has 2 unspecified atom stereocenters. The van der Waals surface area contributed by atoms with E-state index in [0.29, 0.717) is 6.04 Å². The van der Waals surface area contributed by atoms with E-state index in [-0.39, 0.29) is 0 Å². The molecule has 0 amide bonds. The summed E-state index contributed by atoms with van der Waals surface area (Å²) >= 11 is 0. The Morgan fingerprint density at radius 3 is 2.88 bits per heavy atom. The van der Waals surface area contributed by atoms with Gasteiger partial charge in [-0.3, -0.25) is 4.68 Å². The van der Waals surface area contributed by atoms with Crippen LogP contribution in [0, 0.1) is 5.92 Å². The molecule has 2 heterocycles. The molecule has 1 aromatic rings. The largest absolute Gasteiger partial charge is 0.314 e. The summed E-state index contributed by atoms with van der Waals surface area (Å²) in [6.45, 7) is 5.60. The number of piperidine rings is 1. The fourth-order valence-electron chi connectivity index (χ4n) is 2.46. The molecule has 1 N–H and O–H groups in total. The Morgan fingerprint density at radius 2 is 2.31 bits per heavy atom. The van der Waals surface area contributed by atoms with E-state index in [0.717, 1.165) is 18.9 Å². The van der Waals surface area contributed by atoms with Crippen LogP contribution in [0.2, 0.25) is 0 Å². The molecule has 0 aromatic carbocycles. The van der Waals surface area contributed by atoms with Crippen molar-refractivity contribution in [3.05, 3.63) is 17.5 Å². The molecular formula is C13H23N3. The van der Waals surface area contributed by atoms with Gasteiger partial charge in [-0.2, -0.15) is 5.10 Å². The van der Waals surface area contributed by atoms with Crippen LogP contribution in [0.3, 0.4) is 0 Å². The second kappa shape index (κ2) is 5.00. The molecule has 0 aliphatic carbocycles. The molecule has 2 atom stereocenters. The summed E-state index contributed by atoms with van der Waals surface area (Å²) in [7, 11) is 2.06. The van der Waals surface area contributed by atoms with Gasteiger partial charge in [0.15, 0.2) is 0 Å². The molecule has 1 fully saturated rings. The van der Waals surface area contributed by atoms with Crippen molar-refractivity contribution in [3.63, 3.8) is 0 Å². The minimum Gasteiger partial charge on any atom is -0.314 e. The number of hydrogen-bond donors (Lipinski definition) is 1. The molecule has 0 spiro atoms. The lowest BCUT2D eigenvalue weighted by Gasteiger charge is -2.27. The number of rotatable bonds is 3. The lowest BCUT2D eigenvalue weighted by Crippen LogP contribution is -2.37. The molecule has 1 aliphatic heterocycles. The van der Waals surface area contributed by atoms with Crippen molar-refractivity contribution >= 4 is 0 Å². The quantitative estimate of drug-likeness (QED) is 0.845. The van der Waals surface area contributed by atoms with Crippen LogP contribution in [0.1, 0.15) is 38.1 Å². The van der Waals surface area contributed by atoms with Gasteiger partial charge in [-0.25, -0.2) is 0 Å². The zero-order valence-corrected chi connectivity index (χ0v) is 10.7. The first kappa shape index (κ1) is 11.6. The smallest absolute Gasteiger partial charge is 0.0624 e. The van der Waals surface area contributed by atoms with Crippen molar-refractivity contribution in [1.82, 2.24) is 15.1 Å². The highest BCUT2D eigenvalue weighted by Gasteiger charge is 2.19. The van der Waals surface area contributed by atoms with Gasteiger partial charge < -0.3 is 5.32 Å². The Labute approximate surface area is 98.2 Å². The third-order valence-corrected chi connectivity index (χ3v) is 3.65. The zero-order valence-electron chi connectivity index (χ0n) is 10.7. The maximum absolute atomic E-state index is 4.51. The van der Waals surface area contributed by atoms with E-state index in [1.807, 2.05) is 0 Å². The maximum Gasteiger partial charge on any atom is 0.0624 e. The SMILES string of the molecule is CCc1cc(CC2CCC(C)NC2)n(C)n1. The molecule has 0 saturated carbocycles. The Balaban J connectivity index is 1.95. The van der Waals surface area contributed by atoms with Gasteiger partial charge in [0.25, 0.3) is 0 Å². The highest BCUT2D eigenvalue weighted by molar-refractivity contribution is 5.11. The summed E-state index contributed by atoms with van der Waals surface area (Å²) < 4.78 is 2.05. The Hall–Kier alpha value is -0.830. The highest BCUT2D eigenvalue weighted by Crippen LogP contribution is 2.19. The molecule has 3 heteroatoms. The van der Waals surface area contributed by atoms with E-state index in [4.69, 9.17) is 0 Å². The normalized spacial score (nSPS) is 25.9. The number of aromatic nitrogens is 2. The average molecular weight is 221 g/mol. The lowest BCUT2D eigenvalue weighted by atomic mass is 9.91. The van der Waals surface area contributed by atoms with E-state index in [1.54, 1.807) is 0 Å². The van der Waals surface area contributed by atoms with Gasteiger partial charge in [0.05, 0.1) is 5.69 Å². The van der Waals surface area contributed by atoms with Gasteiger partial charge in [0.2, 0.25) is 0 Å². The third-order valence-electron chi connectivity index (χ3n) is 3.65. The zero-order chi connectivity index (χ0) is 11.5. The minimum atomic E-state index is 0.703. The minimum absolute atomic E-state index is 0.703. The van der Waals surface area contributed by atoms with Crippen LogP contribution in [-0.4, -0.2) is 22.4 Å². The van der Waals surface area contributed by atoms with Crippen LogP contribution >= 0.6 is 0 Å². The summed E-state index contributed by atoms with van der Waals surface area (Å²) in [6, 6.07) is 2.96. The second-order valence-corrected chi connectivity index (χ2v) is 5.06. The molecule has 1 saturated heterocycles. The number of nitrogens with one attached hydrogen (secondary N) is 1. The van der Waals surface area contributed by atoms with Crippen molar-refractivity contribution in [2.24, 2.45) is 13.0 Å². The summed E-state index contributed by atoms with van der Waals surface area (Å²) in [5, 5.41) is 8.07. The van der Waals surface area contributed by atoms with Gasteiger partial charge >= 0.3 is 0 Å². The van der Waals surface area contributed by atoms with Crippen LogP contribution in [0.15, 0.2) is 6.07 Å². The average Bonchev–Trinajstić information content (AvgIpc) is 2.63. The first-order valence-electron chi connectivity index (χ1n) is 6.44. The number of hydrogen-bond acceptors (Lipinski definition) is 2. The van der Waals surface area contributed by atoms with Gasteiger partial charge in [-0.05, 0) is 51.1 Å². The van der Waals surface area contributed by atoms with Crippen LogP contribution in [0.25, 0.3) is 0 Å². The molecule has 1 aliphatic rings. The van der Waals surface area contributed by atoms with E-state index in [1.165, 1.54) is 30.7 Å². The first-order valence-corrected chi connectivity index (χ1v) is 6.44. The van der Waals surface area contributed by atoms with Crippen LogP contribution in [0.4, 0.5) is 0 Å². The molecule has 16 heavy (non-hydrogen) atoms. The predicted octanol–water partition coefficient (Wildman–Crippen LogP) is 1.91. The van der Waals surface area contributed by atoms with Crippen LogP contribution in [-0.2, 0) is 19.9 Å². The second-order valence-electron chi connectivity index (χ2n) is 5.06. The maximum atomic E-state index is 4.51. The molecule has 2 rings (SSSR count). The summed E-state index contributed by atoms with van der Waals surface area (Å²) in [5.74, 6) is 0.788. The van der Waals surface area contributed by atoms with Crippen molar-refractivity contribution < 1.29 is 0 Å². The molecule has 3 nitrogen and oxygen atoms in total. The third kappa shape index (κ3) is 2.64. The summed E-state index contributed by atoms with van der Waals surface area (Å²) in [4.78, 5) is 0.